The molecule has 2 aromatic rings. The van der Waals surface area contributed by atoms with Crippen LogP contribution < -0.4 is 14.2 Å². The van der Waals surface area contributed by atoms with Gasteiger partial charge in [0.15, 0.2) is 11.5 Å². The molecular weight excluding hydrogens is 350 g/mol. The van der Waals surface area contributed by atoms with E-state index in [2.05, 4.69) is 4.72 Å². The van der Waals surface area contributed by atoms with E-state index in [1.807, 2.05) is 24.3 Å². The zero-order chi connectivity index (χ0) is 17.0. The molecule has 5 nitrogen and oxygen atoms in total. The maximum Gasteiger partial charge on any atom is 0.240 e. The predicted molar refractivity (Wildman–Crippen MR) is 92.1 cm³/mol. The topological polar surface area (TPSA) is 64.6 Å². The molecule has 7 heteroatoms. The van der Waals surface area contributed by atoms with Crippen LogP contribution in [0.3, 0.4) is 0 Å². The van der Waals surface area contributed by atoms with Crippen LogP contribution in [0, 0.1) is 0 Å². The monoisotopic (exact) mass is 367 g/mol. The summed E-state index contributed by atoms with van der Waals surface area (Å²) in [6, 6.07) is 12.3. The summed E-state index contributed by atoms with van der Waals surface area (Å²) < 4.78 is 37.6. The minimum absolute atomic E-state index is 0.122. The predicted octanol–water partition coefficient (Wildman–Crippen LogP) is 3.37. The Morgan fingerprint density at radius 3 is 2.54 bits per heavy atom. The van der Waals surface area contributed by atoms with Gasteiger partial charge < -0.3 is 9.47 Å². The van der Waals surface area contributed by atoms with Gasteiger partial charge in [-0.25, -0.2) is 13.1 Å². The van der Waals surface area contributed by atoms with Crippen molar-refractivity contribution in [3.63, 3.8) is 0 Å². The Morgan fingerprint density at radius 2 is 1.75 bits per heavy atom. The molecule has 0 fully saturated rings. The van der Waals surface area contributed by atoms with Crippen LogP contribution >= 0.6 is 11.6 Å². The van der Waals surface area contributed by atoms with Crippen molar-refractivity contribution in [1.82, 2.24) is 4.72 Å². The lowest BCUT2D eigenvalue weighted by atomic mass is 10.1. The molecule has 0 aromatic heterocycles. The van der Waals surface area contributed by atoms with Gasteiger partial charge in [0.1, 0.15) is 0 Å². The molecule has 1 aliphatic rings. The number of unbranched alkanes of at least 4 members (excludes halogenated alkanes) is 1. The normalized spacial score (nSPS) is 13.2. The highest BCUT2D eigenvalue weighted by Crippen LogP contribution is 2.33. The lowest BCUT2D eigenvalue weighted by Gasteiger charge is -2.07. The molecule has 1 aliphatic heterocycles. The van der Waals surface area contributed by atoms with Gasteiger partial charge >= 0.3 is 0 Å². The van der Waals surface area contributed by atoms with Crippen molar-refractivity contribution in [2.75, 3.05) is 13.3 Å². The molecule has 24 heavy (non-hydrogen) atoms. The van der Waals surface area contributed by atoms with Crippen molar-refractivity contribution in [3.8, 4) is 11.5 Å². The number of fused-ring (bicyclic) bond motifs is 1. The summed E-state index contributed by atoms with van der Waals surface area (Å²) >= 11 is 5.85. The SMILES string of the molecule is O=S(=O)(NCCCCc1ccc(Cl)cc1)c1ccc2c(c1)OCO2. The minimum Gasteiger partial charge on any atom is -0.454 e. The van der Waals surface area contributed by atoms with Gasteiger partial charge in [0.05, 0.1) is 4.90 Å². The number of ether oxygens (including phenoxy) is 2. The van der Waals surface area contributed by atoms with E-state index in [9.17, 15) is 8.42 Å². The zero-order valence-electron chi connectivity index (χ0n) is 13.0. The van der Waals surface area contributed by atoms with E-state index in [0.717, 1.165) is 24.3 Å². The van der Waals surface area contributed by atoms with E-state index in [0.29, 0.717) is 18.0 Å². The van der Waals surface area contributed by atoms with Crippen LogP contribution in [0.5, 0.6) is 11.5 Å². The van der Waals surface area contributed by atoms with Crippen LogP contribution in [0.15, 0.2) is 47.4 Å². The Bertz CT molecular complexity index is 806. The molecule has 0 amide bonds. The standard InChI is InChI=1S/C17H18ClNO4S/c18-14-6-4-13(5-7-14)3-1-2-10-19-24(20,21)15-8-9-16-17(11-15)23-12-22-16/h4-9,11,19H,1-3,10,12H2. The molecule has 1 N–H and O–H groups in total. The molecule has 0 unspecified atom stereocenters. The van der Waals surface area contributed by atoms with Crippen molar-refractivity contribution in [3.05, 3.63) is 53.1 Å². The van der Waals surface area contributed by atoms with E-state index < -0.39 is 10.0 Å². The second-order valence-corrected chi connectivity index (χ2v) is 7.70. The molecule has 0 radical (unpaired) electrons. The Kier molecular flexibility index (Phi) is 5.28. The molecule has 0 saturated heterocycles. The number of halogens is 1. The molecule has 1 heterocycles. The molecule has 0 bridgehead atoms. The van der Waals surface area contributed by atoms with E-state index in [-0.39, 0.29) is 11.7 Å². The van der Waals surface area contributed by atoms with E-state index in [4.69, 9.17) is 21.1 Å². The maximum absolute atomic E-state index is 12.3. The van der Waals surface area contributed by atoms with Gasteiger partial charge in [-0.1, -0.05) is 23.7 Å². The maximum atomic E-state index is 12.3. The minimum atomic E-state index is -3.54. The highest BCUT2D eigenvalue weighted by atomic mass is 35.5. The molecule has 0 atom stereocenters. The van der Waals surface area contributed by atoms with Crippen molar-refractivity contribution >= 4 is 21.6 Å². The third kappa shape index (κ3) is 4.20. The summed E-state index contributed by atoms with van der Waals surface area (Å²) in [4.78, 5) is 0.185. The summed E-state index contributed by atoms with van der Waals surface area (Å²) in [5.74, 6) is 1.03. The molecule has 2 aromatic carbocycles. The summed E-state index contributed by atoms with van der Waals surface area (Å²) in [6.45, 7) is 0.515. The number of nitrogens with one attached hydrogen (secondary N) is 1. The molecular formula is C17H18ClNO4S. The van der Waals surface area contributed by atoms with Gasteiger partial charge in [0.2, 0.25) is 16.8 Å². The average molecular weight is 368 g/mol. The zero-order valence-corrected chi connectivity index (χ0v) is 14.6. The Hall–Kier alpha value is -1.76. The van der Waals surface area contributed by atoms with Crippen LogP contribution in [0.1, 0.15) is 18.4 Å². The van der Waals surface area contributed by atoms with Gasteiger partial charge in [-0.15, -0.1) is 0 Å². The third-order valence-electron chi connectivity index (χ3n) is 3.75. The lowest BCUT2D eigenvalue weighted by molar-refractivity contribution is 0.174. The highest BCUT2D eigenvalue weighted by molar-refractivity contribution is 7.89. The van der Waals surface area contributed by atoms with Gasteiger partial charge in [-0.05, 0) is 49.1 Å². The van der Waals surface area contributed by atoms with Crippen molar-refractivity contribution < 1.29 is 17.9 Å². The first-order valence-corrected chi connectivity index (χ1v) is 9.54. The quantitative estimate of drug-likeness (QED) is 0.762. The fraction of sp³-hybridized carbons (Fsp3) is 0.294. The summed E-state index contributed by atoms with van der Waals surface area (Å²) in [5, 5.41) is 0.718. The van der Waals surface area contributed by atoms with Crippen LogP contribution in [0.2, 0.25) is 5.02 Å². The Morgan fingerprint density at radius 1 is 1.00 bits per heavy atom. The first-order valence-electron chi connectivity index (χ1n) is 7.68. The lowest BCUT2D eigenvalue weighted by Crippen LogP contribution is -2.24. The van der Waals surface area contributed by atoms with E-state index in [1.54, 1.807) is 6.07 Å². The third-order valence-corrected chi connectivity index (χ3v) is 5.46. The largest absolute Gasteiger partial charge is 0.454 e. The summed E-state index contributed by atoms with van der Waals surface area (Å²) in [7, 11) is -3.54. The van der Waals surface area contributed by atoms with Crippen molar-refractivity contribution in [2.45, 2.75) is 24.2 Å². The number of hydrogen-bond donors (Lipinski definition) is 1. The van der Waals surface area contributed by atoms with Crippen LogP contribution in [-0.2, 0) is 16.4 Å². The first-order chi connectivity index (χ1) is 11.5. The first kappa shape index (κ1) is 17.1. The smallest absolute Gasteiger partial charge is 0.240 e. The number of sulfonamides is 1. The van der Waals surface area contributed by atoms with Crippen molar-refractivity contribution in [2.24, 2.45) is 0 Å². The average Bonchev–Trinajstić information content (AvgIpc) is 3.04. The number of benzene rings is 2. The molecule has 128 valence electrons. The van der Waals surface area contributed by atoms with E-state index in [1.165, 1.54) is 17.7 Å². The van der Waals surface area contributed by atoms with Crippen molar-refractivity contribution in [1.29, 1.82) is 0 Å². The van der Waals surface area contributed by atoms with Crippen LogP contribution in [0.4, 0.5) is 0 Å². The number of aryl methyl sites for hydroxylation is 1. The van der Waals surface area contributed by atoms with Crippen LogP contribution in [-0.4, -0.2) is 21.8 Å². The molecule has 3 rings (SSSR count). The summed E-state index contributed by atoms with van der Waals surface area (Å²) in [5.41, 5.74) is 1.19. The fourth-order valence-electron chi connectivity index (χ4n) is 2.44. The van der Waals surface area contributed by atoms with Crippen LogP contribution in [0.25, 0.3) is 0 Å². The fourth-order valence-corrected chi connectivity index (χ4v) is 3.65. The van der Waals surface area contributed by atoms with E-state index >= 15 is 0 Å². The second-order valence-electron chi connectivity index (χ2n) is 5.50. The molecule has 0 saturated carbocycles. The molecule has 0 aliphatic carbocycles. The van der Waals surface area contributed by atoms with Gasteiger partial charge in [0, 0.05) is 17.6 Å². The second kappa shape index (κ2) is 7.42. The number of rotatable bonds is 7. The molecule has 0 spiro atoms. The Labute approximate surface area is 146 Å². The van der Waals surface area contributed by atoms with Gasteiger partial charge in [-0.2, -0.15) is 0 Å². The summed E-state index contributed by atoms with van der Waals surface area (Å²) in [6.07, 6.45) is 2.54. The number of hydrogen-bond acceptors (Lipinski definition) is 4. The van der Waals surface area contributed by atoms with Gasteiger partial charge in [0.25, 0.3) is 0 Å². The highest BCUT2D eigenvalue weighted by Gasteiger charge is 2.19. The Balaban J connectivity index is 1.48. The van der Waals surface area contributed by atoms with Gasteiger partial charge in [-0.3, -0.25) is 0 Å².